The first-order valence-electron chi connectivity index (χ1n) is 5.62. The van der Waals surface area contributed by atoms with Gasteiger partial charge in [-0.25, -0.2) is 13.8 Å². The molecule has 0 aromatic carbocycles. The lowest BCUT2D eigenvalue weighted by Crippen LogP contribution is -2.62. The molecule has 86 valence electrons. The predicted octanol–water partition coefficient (Wildman–Crippen LogP) is 0.619. The van der Waals surface area contributed by atoms with E-state index in [-0.39, 0.29) is 10.8 Å². The molecule has 3 atom stereocenters. The maximum absolute atomic E-state index is 11.7. The Balaban J connectivity index is 2.08. The Morgan fingerprint density at radius 1 is 1.33 bits per heavy atom. The Kier molecular flexibility index (Phi) is 1.73. The molecule has 2 aliphatic carbocycles. The van der Waals surface area contributed by atoms with Crippen LogP contribution in [0.3, 0.4) is 0 Å². The molecule has 1 aliphatic heterocycles. The van der Waals surface area contributed by atoms with Gasteiger partial charge < -0.3 is 0 Å². The first-order valence-corrected chi connectivity index (χ1v) is 7.28. The highest BCUT2D eigenvalue weighted by atomic mass is 32.2. The van der Waals surface area contributed by atoms with Gasteiger partial charge in [-0.3, -0.25) is 0 Å². The number of rotatable bonds is 0. The molecule has 4 nitrogen and oxygen atoms in total. The topological polar surface area (TPSA) is 58.2 Å². The molecule has 0 aromatic rings. The molecule has 0 amide bonds. The zero-order chi connectivity index (χ0) is 10.9. The quantitative estimate of drug-likeness (QED) is 0.641. The maximum Gasteiger partial charge on any atom is 0.224 e. The van der Waals surface area contributed by atoms with Crippen molar-refractivity contribution in [2.24, 2.45) is 16.7 Å². The van der Waals surface area contributed by atoms with Crippen molar-refractivity contribution in [3.63, 3.8) is 0 Å². The predicted molar refractivity (Wildman–Crippen MR) is 57.4 cm³/mol. The first-order chi connectivity index (χ1) is 6.87. The summed E-state index contributed by atoms with van der Waals surface area (Å²) in [5.41, 5.74) is 3.15. The van der Waals surface area contributed by atoms with Crippen molar-refractivity contribution in [1.29, 1.82) is 0 Å². The third-order valence-electron chi connectivity index (χ3n) is 5.27. The Labute approximate surface area is 90.8 Å². The lowest BCUT2D eigenvalue weighted by atomic mass is 9.69. The molecule has 0 aromatic heterocycles. The van der Waals surface area contributed by atoms with Crippen molar-refractivity contribution in [1.82, 2.24) is 10.3 Å². The highest BCUT2D eigenvalue weighted by Crippen LogP contribution is 2.66. The van der Waals surface area contributed by atoms with Gasteiger partial charge in [-0.05, 0) is 30.6 Å². The van der Waals surface area contributed by atoms with Crippen molar-refractivity contribution in [2.75, 3.05) is 5.75 Å². The van der Waals surface area contributed by atoms with E-state index >= 15 is 0 Å². The molecule has 2 saturated carbocycles. The Bertz CT molecular complexity index is 404. The average molecular weight is 230 g/mol. The molecule has 15 heavy (non-hydrogen) atoms. The number of hydrazine groups is 1. The van der Waals surface area contributed by atoms with E-state index in [1.807, 2.05) is 0 Å². The van der Waals surface area contributed by atoms with Crippen LogP contribution in [0.4, 0.5) is 0 Å². The first kappa shape index (κ1) is 10.1. The minimum absolute atomic E-state index is 0.0260. The second-order valence-corrected chi connectivity index (χ2v) is 7.63. The fourth-order valence-corrected chi connectivity index (χ4v) is 5.95. The third kappa shape index (κ3) is 1.06. The van der Waals surface area contributed by atoms with Crippen molar-refractivity contribution < 1.29 is 8.42 Å². The van der Waals surface area contributed by atoms with Crippen molar-refractivity contribution in [3.8, 4) is 0 Å². The Morgan fingerprint density at radius 2 is 2.07 bits per heavy atom. The van der Waals surface area contributed by atoms with Crippen LogP contribution < -0.4 is 10.3 Å². The molecular formula is C10H18N2O2S. The summed E-state index contributed by atoms with van der Waals surface area (Å²) in [6, 6.07) is 0.342. The third-order valence-corrected chi connectivity index (χ3v) is 6.59. The summed E-state index contributed by atoms with van der Waals surface area (Å²) in [7, 11) is -3.11. The molecule has 3 fully saturated rings. The largest absolute Gasteiger partial charge is 0.240 e. The normalized spacial score (nSPS) is 50.3. The van der Waals surface area contributed by atoms with Crippen LogP contribution in [0, 0.1) is 16.7 Å². The molecule has 3 rings (SSSR count). The van der Waals surface area contributed by atoms with Crippen LogP contribution >= 0.6 is 0 Å². The van der Waals surface area contributed by atoms with Crippen molar-refractivity contribution in [3.05, 3.63) is 0 Å². The Hall–Kier alpha value is -0.130. The van der Waals surface area contributed by atoms with Gasteiger partial charge in [0.05, 0.1) is 5.75 Å². The van der Waals surface area contributed by atoms with E-state index < -0.39 is 10.0 Å². The molecule has 1 saturated heterocycles. The lowest BCUT2D eigenvalue weighted by molar-refractivity contribution is 0.112. The van der Waals surface area contributed by atoms with Crippen LogP contribution in [0.25, 0.3) is 0 Å². The van der Waals surface area contributed by atoms with E-state index in [1.54, 1.807) is 0 Å². The van der Waals surface area contributed by atoms with Gasteiger partial charge in [-0.1, -0.05) is 13.8 Å². The summed E-state index contributed by atoms with van der Waals surface area (Å²) in [6.07, 6.45) is 3.37. The second kappa shape index (κ2) is 2.57. The fourth-order valence-electron chi connectivity index (χ4n) is 4.16. The highest BCUT2D eigenvalue weighted by Gasteiger charge is 2.66. The minimum Gasteiger partial charge on any atom is -0.240 e. The van der Waals surface area contributed by atoms with Gasteiger partial charge in [0.25, 0.3) is 0 Å². The molecule has 3 aliphatic rings. The van der Waals surface area contributed by atoms with Crippen LogP contribution in [0.1, 0.15) is 33.1 Å². The van der Waals surface area contributed by atoms with Crippen LogP contribution in [-0.4, -0.2) is 20.2 Å². The van der Waals surface area contributed by atoms with E-state index in [4.69, 9.17) is 0 Å². The number of hydrogen-bond acceptors (Lipinski definition) is 3. The number of hydrogen-bond donors (Lipinski definition) is 2. The van der Waals surface area contributed by atoms with Gasteiger partial charge in [0, 0.05) is 11.5 Å². The zero-order valence-corrected chi connectivity index (χ0v) is 10.0. The van der Waals surface area contributed by atoms with Gasteiger partial charge in [0.1, 0.15) is 0 Å². The number of sulfonamides is 1. The SMILES string of the molecule is CC1(C)C2CCC13CS(=O)(=O)NN[C@@H]3C2. The monoisotopic (exact) mass is 230 g/mol. The van der Waals surface area contributed by atoms with Crippen molar-refractivity contribution >= 4 is 10.0 Å². The highest BCUT2D eigenvalue weighted by molar-refractivity contribution is 7.89. The second-order valence-electron chi connectivity index (χ2n) is 5.91. The fraction of sp³-hybridized carbons (Fsp3) is 1.00. The molecule has 5 heteroatoms. The summed E-state index contributed by atoms with van der Waals surface area (Å²) in [6.45, 7) is 4.49. The summed E-state index contributed by atoms with van der Waals surface area (Å²) in [5.74, 6) is 0.992. The van der Waals surface area contributed by atoms with Gasteiger partial charge in [0.15, 0.2) is 0 Å². The standard InChI is InChI=1S/C10H18N2O2S/c1-9(2)7-3-4-10(9)6-15(13,14)12-11-8(10)5-7/h7-8,11-12H,3-6H2,1-2H3/t7?,8-,10?/m1/s1. The van der Waals surface area contributed by atoms with Crippen LogP contribution in [-0.2, 0) is 10.0 Å². The van der Waals surface area contributed by atoms with Gasteiger partial charge >= 0.3 is 0 Å². The molecule has 1 spiro atoms. The summed E-state index contributed by atoms with van der Waals surface area (Å²) in [5, 5.41) is 0. The van der Waals surface area contributed by atoms with Gasteiger partial charge in [0.2, 0.25) is 10.0 Å². The van der Waals surface area contributed by atoms with Crippen molar-refractivity contribution in [2.45, 2.75) is 39.2 Å². The molecular weight excluding hydrogens is 212 g/mol. The summed E-state index contributed by atoms with van der Waals surface area (Å²) < 4.78 is 23.4. The number of fused-ring (bicyclic) bond motifs is 1. The lowest BCUT2D eigenvalue weighted by Gasteiger charge is -2.45. The number of nitrogens with one attached hydrogen (secondary N) is 2. The molecule has 2 unspecified atom stereocenters. The van der Waals surface area contributed by atoms with Crippen LogP contribution in [0.15, 0.2) is 0 Å². The maximum atomic E-state index is 11.7. The Morgan fingerprint density at radius 3 is 2.73 bits per heavy atom. The molecule has 1 heterocycles. The van der Waals surface area contributed by atoms with E-state index in [0.29, 0.717) is 17.7 Å². The van der Waals surface area contributed by atoms with E-state index in [0.717, 1.165) is 12.8 Å². The zero-order valence-electron chi connectivity index (χ0n) is 9.21. The molecule has 2 bridgehead atoms. The van der Waals surface area contributed by atoms with Gasteiger partial charge in [-0.15, -0.1) is 0 Å². The molecule has 0 radical (unpaired) electrons. The summed E-state index contributed by atoms with van der Waals surface area (Å²) in [4.78, 5) is 2.47. The van der Waals surface area contributed by atoms with E-state index in [2.05, 4.69) is 24.1 Å². The smallest absolute Gasteiger partial charge is 0.224 e. The van der Waals surface area contributed by atoms with E-state index in [9.17, 15) is 8.42 Å². The average Bonchev–Trinajstić information content (AvgIpc) is 2.47. The van der Waals surface area contributed by atoms with Gasteiger partial charge in [-0.2, -0.15) is 4.83 Å². The molecule has 2 N–H and O–H groups in total. The van der Waals surface area contributed by atoms with Crippen LogP contribution in [0.5, 0.6) is 0 Å². The van der Waals surface area contributed by atoms with E-state index in [1.165, 1.54) is 6.42 Å². The van der Waals surface area contributed by atoms with Crippen LogP contribution in [0.2, 0.25) is 0 Å². The minimum atomic E-state index is -3.11. The summed E-state index contributed by atoms with van der Waals surface area (Å²) >= 11 is 0.